The van der Waals surface area contributed by atoms with Gasteiger partial charge in [0.05, 0.1) is 0 Å². The third-order valence-electron chi connectivity index (χ3n) is 13.4. The predicted molar refractivity (Wildman–Crippen MR) is 300 cm³/mol. The number of aromatic nitrogens is 6. The zero-order valence-corrected chi connectivity index (χ0v) is 41.8. The van der Waals surface area contributed by atoms with Crippen molar-refractivity contribution in [2.24, 2.45) is 0 Å². The molecule has 73 heavy (non-hydrogen) atoms. The van der Waals surface area contributed by atoms with Crippen LogP contribution in [0.3, 0.4) is 0 Å². The molecule has 0 amide bonds. The molecule has 0 saturated carbocycles. The molecule has 344 valence electrons. The molecule has 0 spiro atoms. The van der Waals surface area contributed by atoms with E-state index in [0.717, 1.165) is 55.6 Å². The molecule has 2 aromatic heterocycles. The first kappa shape index (κ1) is 44.9. The Morgan fingerprint density at radius 1 is 0.178 bits per heavy atom. The van der Waals surface area contributed by atoms with Gasteiger partial charge in [-0.2, -0.15) is 0 Å². The van der Waals surface area contributed by atoms with E-state index in [4.69, 9.17) is 29.9 Å². The summed E-state index contributed by atoms with van der Waals surface area (Å²) in [5.41, 5.74) is 9.81. The van der Waals surface area contributed by atoms with Gasteiger partial charge in [0.25, 0.3) is 0 Å². The molecule has 0 aliphatic carbocycles. The van der Waals surface area contributed by atoms with Crippen LogP contribution in [0, 0.1) is 0 Å². The Balaban J connectivity index is 1.04. The molecular formula is C66H46GeN6. The maximum absolute atomic E-state index is 5.18. The Hall–Kier alpha value is -9.24. The molecule has 7 heteroatoms. The third-order valence-corrected chi connectivity index (χ3v) is 23.3. The average molecular weight is 996 g/mol. The van der Waals surface area contributed by atoms with Gasteiger partial charge in [-0.1, -0.05) is 0 Å². The van der Waals surface area contributed by atoms with Crippen molar-refractivity contribution in [3.05, 3.63) is 279 Å². The van der Waals surface area contributed by atoms with Gasteiger partial charge in [0.15, 0.2) is 0 Å². The molecule has 0 atom stereocenters. The van der Waals surface area contributed by atoms with Gasteiger partial charge in [0.1, 0.15) is 0 Å². The van der Waals surface area contributed by atoms with Crippen LogP contribution in [0.4, 0.5) is 0 Å². The Morgan fingerprint density at radius 2 is 0.411 bits per heavy atom. The van der Waals surface area contributed by atoms with Crippen LogP contribution < -0.4 is 17.6 Å². The number of rotatable bonds is 12. The quantitative estimate of drug-likeness (QED) is 0.114. The first-order valence-electron chi connectivity index (χ1n) is 24.4. The number of nitrogens with zero attached hydrogens (tertiary/aromatic N) is 6. The predicted octanol–water partition coefficient (Wildman–Crippen LogP) is 12.8. The minimum absolute atomic E-state index is 0.615. The van der Waals surface area contributed by atoms with Crippen LogP contribution in [0.5, 0.6) is 0 Å². The summed E-state index contributed by atoms with van der Waals surface area (Å²) < 4.78 is 5.22. The summed E-state index contributed by atoms with van der Waals surface area (Å²) in [4.78, 5) is 30.8. The molecule has 0 unspecified atom stereocenters. The van der Waals surface area contributed by atoms with E-state index in [1.54, 1.807) is 0 Å². The van der Waals surface area contributed by atoms with Gasteiger partial charge in [-0.15, -0.1) is 0 Å². The molecule has 0 saturated heterocycles. The second-order valence-electron chi connectivity index (χ2n) is 17.8. The number of hydrogen-bond donors (Lipinski definition) is 0. The van der Waals surface area contributed by atoms with E-state index >= 15 is 0 Å². The summed E-state index contributed by atoms with van der Waals surface area (Å²) >= 11 is -3.94. The normalized spacial score (nSPS) is 11.3. The molecule has 0 bridgehead atoms. The fraction of sp³-hybridized carbons (Fsp3) is 0. The molecule has 0 aliphatic heterocycles. The van der Waals surface area contributed by atoms with Gasteiger partial charge in [0, 0.05) is 0 Å². The Kier molecular flexibility index (Phi) is 12.5. The molecule has 12 aromatic rings. The second-order valence-corrected chi connectivity index (χ2v) is 25.8. The monoisotopic (exact) mass is 996 g/mol. The summed E-state index contributed by atoms with van der Waals surface area (Å²) in [6.07, 6.45) is 0. The minimum atomic E-state index is -3.94. The van der Waals surface area contributed by atoms with Crippen LogP contribution in [0.1, 0.15) is 0 Å². The fourth-order valence-electron chi connectivity index (χ4n) is 9.93. The van der Waals surface area contributed by atoms with Crippen molar-refractivity contribution >= 4 is 30.8 Å². The second kappa shape index (κ2) is 20.2. The van der Waals surface area contributed by atoms with Gasteiger partial charge < -0.3 is 0 Å². The molecule has 12 rings (SSSR count). The molecule has 2 heterocycles. The van der Waals surface area contributed by atoms with Crippen molar-refractivity contribution in [1.82, 2.24) is 29.9 Å². The average Bonchev–Trinajstić information content (AvgIpc) is 3.49. The van der Waals surface area contributed by atoms with Crippen molar-refractivity contribution in [1.29, 1.82) is 0 Å². The molecule has 0 radical (unpaired) electrons. The van der Waals surface area contributed by atoms with Gasteiger partial charge >= 0.3 is 430 Å². The van der Waals surface area contributed by atoms with Gasteiger partial charge in [0.2, 0.25) is 0 Å². The van der Waals surface area contributed by atoms with Gasteiger partial charge in [-0.25, -0.2) is 0 Å². The van der Waals surface area contributed by atoms with Crippen molar-refractivity contribution in [2.75, 3.05) is 0 Å². The summed E-state index contributed by atoms with van der Waals surface area (Å²) in [5, 5.41) is 0. The Bertz CT molecular complexity index is 3470. The van der Waals surface area contributed by atoms with E-state index in [1.807, 2.05) is 121 Å². The summed E-state index contributed by atoms with van der Waals surface area (Å²) in [6, 6.07) is 98.3. The van der Waals surface area contributed by atoms with Gasteiger partial charge in [-0.05, 0) is 0 Å². The van der Waals surface area contributed by atoms with E-state index in [2.05, 4.69) is 158 Å². The van der Waals surface area contributed by atoms with Crippen LogP contribution in [0.15, 0.2) is 279 Å². The van der Waals surface area contributed by atoms with Crippen LogP contribution in [0.25, 0.3) is 90.6 Å². The first-order valence-corrected chi connectivity index (χ1v) is 28.6. The Morgan fingerprint density at radius 3 is 0.726 bits per heavy atom. The molecule has 0 N–H and O–H groups in total. The van der Waals surface area contributed by atoms with Crippen LogP contribution in [-0.2, 0) is 0 Å². The molecule has 0 aliphatic rings. The molecular weight excluding hydrogens is 949 g/mol. The standard InChI is InChI=1S/C66H46GeN6/c1-7-25-47(26-8-1)61-68-62(48-27-9-2-10-28-48)71-65(70-61)59-43-21-19-41-57(59)51-33-23-39-55(45-51)67(53-35-15-5-16-36-53,54-37-17-6-18-38-54)56-40-24-34-52(46-56)58-42-20-22-44-60(58)66-72-63(49-29-11-3-12-30-49)69-64(73-66)50-31-13-4-14-32-50/h1-46H. The third kappa shape index (κ3) is 8.97. The first-order chi connectivity index (χ1) is 36.2. The van der Waals surface area contributed by atoms with Crippen LogP contribution in [0.2, 0.25) is 0 Å². The number of hydrogen-bond acceptors (Lipinski definition) is 6. The summed E-state index contributed by atoms with van der Waals surface area (Å²) in [5.74, 6) is 3.73. The van der Waals surface area contributed by atoms with Gasteiger partial charge in [-0.3, -0.25) is 0 Å². The summed E-state index contributed by atoms with van der Waals surface area (Å²) in [7, 11) is 0. The van der Waals surface area contributed by atoms with Crippen LogP contribution in [-0.4, -0.2) is 43.2 Å². The van der Waals surface area contributed by atoms with E-state index in [-0.39, 0.29) is 0 Å². The van der Waals surface area contributed by atoms with Crippen molar-refractivity contribution in [3.63, 3.8) is 0 Å². The van der Waals surface area contributed by atoms with E-state index in [9.17, 15) is 0 Å². The van der Waals surface area contributed by atoms with Crippen molar-refractivity contribution < 1.29 is 0 Å². The molecule has 0 fully saturated rings. The van der Waals surface area contributed by atoms with E-state index < -0.39 is 13.3 Å². The summed E-state index contributed by atoms with van der Waals surface area (Å²) in [6.45, 7) is 0. The Labute approximate surface area is 427 Å². The van der Waals surface area contributed by atoms with Crippen LogP contribution >= 0.6 is 0 Å². The van der Waals surface area contributed by atoms with Crippen molar-refractivity contribution in [2.45, 2.75) is 0 Å². The molecule has 6 nitrogen and oxygen atoms in total. The molecule has 10 aromatic carbocycles. The topological polar surface area (TPSA) is 77.3 Å². The van der Waals surface area contributed by atoms with Crippen molar-refractivity contribution in [3.8, 4) is 90.6 Å². The number of benzene rings is 10. The fourth-order valence-corrected chi connectivity index (χ4v) is 20.0. The van der Waals surface area contributed by atoms with E-state index in [1.165, 1.54) is 17.6 Å². The SMILES string of the molecule is c1ccc(-c2nc(-c3ccccc3)nc(-c3ccccc3-c3ccc[c]([Ge]([c]4ccccc4)([c]4ccccc4)[c]4cccc(-c5ccccc5-c5nc(-c6ccccc6)nc(-c6ccccc6)n5)c4)c3)n2)cc1. The zero-order valence-electron chi connectivity index (χ0n) is 39.7. The van der Waals surface area contributed by atoms with E-state index in [0.29, 0.717) is 34.9 Å². The zero-order chi connectivity index (χ0) is 48.8. The maximum atomic E-state index is 5.18.